The molecule has 1 amide bonds. The third kappa shape index (κ3) is 3.54. The van der Waals surface area contributed by atoms with Crippen molar-refractivity contribution < 1.29 is 14.3 Å². The van der Waals surface area contributed by atoms with E-state index in [0.717, 1.165) is 0 Å². The second kappa shape index (κ2) is 6.51. The average Bonchev–Trinajstić information content (AvgIpc) is 2.76. The maximum absolute atomic E-state index is 11.8. The third-order valence-electron chi connectivity index (χ3n) is 2.60. The van der Waals surface area contributed by atoms with Gasteiger partial charge in [0, 0.05) is 6.04 Å². The molecule has 0 bridgehead atoms. The van der Waals surface area contributed by atoms with E-state index in [0.29, 0.717) is 17.2 Å². The Morgan fingerprint density at radius 2 is 2.17 bits per heavy atom. The molecular weight excluding hydrogens is 252 g/mol. The smallest absolute Gasteiger partial charge is 0.341 e. The number of hydrogen-bond acceptors (Lipinski definition) is 5. The van der Waals surface area contributed by atoms with Crippen LogP contribution in [0, 0.1) is 5.92 Å². The van der Waals surface area contributed by atoms with E-state index in [4.69, 9.17) is 10.5 Å². The van der Waals surface area contributed by atoms with Crippen molar-refractivity contribution in [2.75, 3.05) is 11.9 Å². The molecule has 0 radical (unpaired) electrons. The van der Waals surface area contributed by atoms with Crippen LogP contribution in [0.25, 0.3) is 0 Å². The molecule has 0 aromatic carbocycles. The molecule has 0 spiro atoms. The van der Waals surface area contributed by atoms with Crippen molar-refractivity contribution in [1.29, 1.82) is 0 Å². The molecule has 6 heteroatoms. The first-order chi connectivity index (χ1) is 8.47. The Morgan fingerprint density at radius 1 is 1.50 bits per heavy atom. The van der Waals surface area contributed by atoms with Gasteiger partial charge in [-0.25, -0.2) is 4.79 Å². The van der Waals surface area contributed by atoms with Gasteiger partial charge in [0.15, 0.2) is 0 Å². The number of esters is 1. The van der Waals surface area contributed by atoms with Crippen molar-refractivity contribution in [3.05, 3.63) is 17.0 Å². The van der Waals surface area contributed by atoms with Crippen LogP contribution >= 0.6 is 11.3 Å². The molecule has 1 heterocycles. The molecule has 2 unspecified atom stereocenters. The number of amides is 1. The first kappa shape index (κ1) is 14.7. The molecule has 0 aliphatic rings. The van der Waals surface area contributed by atoms with E-state index in [-0.39, 0.29) is 17.9 Å². The summed E-state index contributed by atoms with van der Waals surface area (Å²) in [6.45, 7) is 5.56. The van der Waals surface area contributed by atoms with Crippen molar-refractivity contribution >= 4 is 28.2 Å². The number of nitrogens with two attached hydrogens (primary N) is 1. The summed E-state index contributed by atoms with van der Waals surface area (Å²) in [6.07, 6.45) is 0. The number of carbonyl (C=O) groups is 2. The van der Waals surface area contributed by atoms with Gasteiger partial charge in [-0.2, -0.15) is 0 Å². The summed E-state index contributed by atoms with van der Waals surface area (Å²) in [5, 5.41) is 4.95. The minimum atomic E-state index is -0.428. The molecule has 1 aromatic rings. The highest BCUT2D eigenvalue weighted by Crippen LogP contribution is 2.24. The molecule has 5 nitrogen and oxygen atoms in total. The van der Waals surface area contributed by atoms with Crippen LogP contribution in [0.3, 0.4) is 0 Å². The van der Waals surface area contributed by atoms with Crippen LogP contribution in [0.1, 0.15) is 31.1 Å². The molecule has 18 heavy (non-hydrogen) atoms. The van der Waals surface area contributed by atoms with Crippen molar-refractivity contribution in [2.24, 2.45) is 11.7 Å². The van der Waals surface area contributed by atoms with Crippen LogP contribution in [-0.2, 0) is 9.53 Å². The van der Waals surface area contributed by atoms with E-state index in [1.54, 1.807) is 32.2 Å². The summed E-state index contributed by atoms with van der Waals surface area (Å²) in [6, 6.07) is 1.39. The van der Waals surface area contributed by atoms with Gasteiger partial charge in [-0.3, -0.25) is 4.79 Å². The predicted molar refractivity (Wildman–Crippen MR) is 71.7 cm³/mol. The molecule has 100 valence electrons. The van der Waals surface area contributed by atoms with Gasteiger partial charge in [0.25, 0.3) is 0 Å². The zero-order valence-electron chi connectivity index (χ0n) is 10.7. The summed E-state index contributed by atoms with van der Waals surface area (Å²) >= 11 is 1.29. The van der Waals surface area contributed by atoms with Crippen LogP contribution in [0.4, 0.5) is 5.00 Å². The van der Waals surface area contributed by atoms with Crippen molar-refractivity contribution in [1.82, 2.24) is 0 Å². The monoisotopic (exact) mass is 270 g/mol. The molecule has 0 aliphatic heterocycles. The van der Waals surface area contributed by atoms with Crippen LogP contribution in [-0.4, -0.2) is 24.5 Å². The highest BCUT2D eigenvalue weighted by atomic mass is 32.1. The summed E-state index contributed by atoms with van der Waals surface area (Å²) in [4.78, 5) is 23.5. The maximum Gasteiger partial charge on any atom is 0.341 e. The van der Waals surface area contributed by atoms with Gasteiger partial charge in [-0.1, -0.05) is 6.92 Å². The van der Waals surface area contributed by atoms with Gasteiger partial charge >= 0.3 is 5.97 Å². The van der Waals surface area contributed by atoms with Crippen molar-refractivity contribution in [3.63, 3.8) is 0 Å². The van der Waals surface area contributed by atoms with E-state index in [1.165, 1.54) is 11.3 Å². The van der Waals surface area contributed by atoms with E-state index in [2.05, 4.69) is 5.32 Å². The quantitative estimate of drug-likeness (QED) is 0.800. The molecule has 0 saturated carbocycles. The SMILES string of the molecule is CCOC(=O)c1ccsc1NC(=O)C(C)C(C)N. The second-order valence-electron chi connectivity index (χ2n) is 4.02. The number of rotatable bonds is 5. The first-order valence-electron chi connectivity index (χ1n) is 5.78. The average molecular weight is 270 g/mol. The summed E-state index contributed by atoms with van der Waals surface area (Å²) < 4.78 is 4.91. The number of hydrogen-bond donors (Lipinski definition) is 2. The van der Waals surface area contributed by atoms with Crippen molar-refractivity contribution in [3.8, 4) is 0 Å². The van der Waals surface area contributed by atoms with Gasteiger partial charge in [0.2, 0.25) is 5.91 Å². The fourth-order valence-corrected chi connectivity index (χ4v) is 2.02. The lowest BCUT2D eigenvalue weighted by Gasteiger charge is -2.15. The molecule has 0 aliphatic carbocycles. The first-order valence-corrected chi connectivity index (χ1v) is 6.66. The molecule has 0 saturated heterocycles. The van der Waals surface area contributed by atoms with E-state index in [9.17, 15) is 9.59 Å². The van der Waals surface area contributed by atoms with E-state index in [1.807, 2.05) is 0 Å². The van der Waals surface area contributed by atoms with Crippen LogP contribution in [0.2, 0.25) is 0 Å². The molecule has 0 fully saturated rings. The van der Waals surface area contributed by atoms with E-state index < -0.39 is 5.97 Å². The predicted octanol–water partition coefficient (Wildman–Crippen LogP) is 1.85. The second-order valence-corrected chi connectivity index (χ2v) is 4.94. The normalized spacial score (nSPS) is 13.8. The zero-order chi connectivity index (χ0) is 13.7. The number of carbonyl (C=O) groups excluding carboxylic acids is 2. The van der Waals surface area contributed by atoms with E-state index >= 15 is 0 Å². The molecule has 3 N–H and O–H groups in total. The lowest BCUT2D eigenvalue weighted by atomic mass is 10.0. The minimum Gasteiger partial charge on any atom is -0.462 e. The Hall–Kier alpha value is -1.40. The van der Waals surface area contributed by atoms with Crippen LogP contribution in [0.5, 0.6) is 0 Å². The molecule has 1 aromatic heterocycles. The number of ether oxygens (including phenoxy) is 1. The Morgan fingerprint density at radius 3 is 2.72 bits per heavy atom. The Bertz CT molecular complexity index is 429. The molecule has 1 rings (SSSR count). The van der Waals surface area contributed by atoms with Gasteiger partial charge in [0.1, 0.15) is 5.00 Å². The summed E-state index contributed by atoms with van der Waals surface area (Å²) in [5.74, 6) is -0.942. The summed E-state index contributed by atoms with van der Waals surface area (Å²) in [5.41, 5.74) is 6.04. The lowest BCUT2D eigenvalue weighted by molar-refractivity contribution is -0.119. The van der Waals surface area contributed by atoms with Gasteiger partial charge in [-0.05, 0) is 25.3 Å². The largest absolute Gasteiger partial charge is 0.462 e. The van der Waals surface area contributed by atoms with Crippen LogP contribution < -0.4 is 11.1 Å². The molecule has 2 atom stereocenters. The van der Waals surface area contributed by atoms with Crippen LogP contribution in [0.15, 0.2) is 11.4 Å². The standard InChI is InChI=1S/C12H18N2O3S/c1-4-17-12(16)9-5-6-18-11(9)14-10(15)7(2)8(3)13/h5-8H,4,13H2,1-3H3,(H,14,15). The Kier molecular flexibility index (Phi) is 5.30. The third-order valence-corrected chi connectivity index (χ3v) is 3.43. The topological polar surface area (TPSA) is 81.4 Å². The fourth-order valence-electron chi connectivity index (χ4n) is 1.24. The van der Waals surface area contributed by atoms with Crippen molar-refractivity contribution in [2.45, 2.75) is 26.8 Å². The highest BCUT2D eigenvalue weighted by Gasteiger charge is 2.21. The highest BCUT2D eigenvalue weighted by molar-refractivity contribution is 7.14. The maximum atomic E-state index is 11.8. The molecular formula is C12H18N2O3S. The van der Waals surface area contributed by atoms with Gasteiger partial charge in [-0.15, -0.1) is 11.3 Å². The fraction of sp³-hybridized carbons (Fsp3) is 0.500. The zero-order valence-corrected chi connectivity index (χ0v) is 11.5. The Balaban J connectivity index is 2.77. The Labute approximate surface area is 110 Å². The minimum absolute atomic E-state index is 0.196. The van der Waals surface area contributed by atoms with Gasteiger partial charge in [0.05, 0.1) is 18.1 Å². The number of thiophene rings is 1. The number of nitrogens with one attached hydrogen (secondary N) is 1. The number of anilines is 1. The lowest BCUT2D eigenvalue weighted by Crippen LogP contribution is -2.34. The summed E-state index contributed by atoms with van der Waals surface area (Å²) in [7, 11) is 0. The van der Waals surface area contributed by atoms with Gasteiger partial charge < -0.3 is 15.8 Å².